The van der Waals surface area contributed by atoms with E-state index in [2.05, 4.69) is 20.2 Å². The van der Waals surface area contributed by atoms with E-state index in [0.717, 1.165) is 27.9 Å². The second-order valence-electron chi connectivity index (χ2n) is 5.84. The number of fused-ring (bicyclic) bond motifs is 3. The van der Waals surface area contributed by atoms with E-state index >= 15 is 0 Å². The molecule has 0 aliphatic heterocycles. The normalized spacial score (nSPS) is 13.9. The van der Waals surface area contributed by atoms with E-state index in [4.69, 9.17) is 9.15 Å². The Labute approximate surface area is 151 Å². The van der Waals surface area contributed by atoms with Gasteiger partial charge in [0.1, 0.15) is 11.2 Å². The van der Waals surface area contributed by atoms with Crippen LogP contribution in [0.25, 0.3) is 21.0 Å². The van der Waals surface area contributed by atoms with Crippen molar-refractivity contribution in [3.63, 3.8) is 0 Å². The fourth-order valence-corrected chi connectivity index (χ4v) is 4.98. The highest BCUT2D eigenvalue weighted by Crippen LogP contribution is 2.39. The van der Waals surface area contributed by atoms with Crippen LogP contribution in [0.1, 0.15) is 29.2 Å². The number of hydrogen-bond acceptors (Lipinski definition) is 8. The van der Waals surface area contributed by atoms with Gasteiger partial charge in [0.15, 0.2) is 6.61 Å². The van der Waals surface area contributed by atoms with Crippen molar-refractivity contribution in [1.82, 2.24) is 20.2 Å². The molecule has 0 radical (unpaired) electrons. The lowest BCUT2D eigenvalue weighted by molar-refractivity contribution is 0.258. The first kappa shape index (κ1) is 15.0. The molecule has 5 rings (SSSR count). The van der Waals surface area contributed by atoms with Crippen LogP contribution in [0.5, 0.6) is 5.88 Å². The lowest BCUT2D eigenvalue weighted by atomic mass is 9.97. The molecule has 8 heteroatoms. The molecule has 0 unspecified atom stereocenters. The lowest BCUT2D eigenvalue weighted by Gasteiger charge is -2.11. The van der Waals surface area contributed by atoms with Crippen molar-refractivity contribution in [2.75, 3.05) is 0 Å². The lowest BCUT2D eigenvalue weighted by Crippen LogP contribution is -2.02. The van der Waals surface area contributed by atoms with E-state index in [0.29, 0.717) is 17.7 Å². The Bertz CT molecular complexity index is 1020. The van der Waals surface area contributed by atoms with Crippen LogP contribution in [-0.2, 0) is 19.4 Å². The number of aromatic nitrogens is 4. The highest BCUT2D eigenvalue weighted by Gasteiger charge is 2.21. The third-order valence-corrected chi connectivity index (χ3v) is 6.31. The Hall–Kier alpha value is -2.32. The molecule has 0 saturated heterocycles. The van der Waals surface area contributed by atoms with Gasteiger partial charge in [-0.1, -0.05) is 6.07 Å². The fraction of sp³-hybridized carbons (Fsp3) is 0.294. The third-order valence-electron chi connectivity index (χ3n) is 4.25. The summed E-state index contributed by atoms with van der Waals surface area (Å²) < 4.78 is 11.6. The van der Waals surface area contributed by atoms with Crippen molar-refractivity contribution < 1.29 is 9.15 Å². The minimum atomic E-state index is 0.203. The van der Waals surface area contributed by atoms with Crippen LogP contribution < -0.4 is 4.74 Å². The zero-order valence-corrected chi connectivity index (χ0v) is 14.9. The Morgan fingerprint density at radius 3 is 3.04 bits per heavy atom. The van der Waals surface area contributed by atoms with E-state index in [1.54, 1.807) is 29.0 Å². The van der Waals surface area contributed by atoms with Gasteiger partial charge in [0.05, 0.1) is 10.3 Å². The van der Waals surface area contributed by atoms with E-state index in [1.165, 1.54) is 23.3 Å². The summed E-state index contributed by atoms with van der Waals surface area (Å²) in [5.74, 6) is 1.58. The maximum Gasteiger partial charge on any atom is 0.257 e. The average Bonchev–Trinajstić information content (AvgIpc) is 3.37. The number of thiophene rings is 2. The number of aryl methyl sites for hydroxylation is 2. The summed E-state index contributed by atoms with van der Waals surface area (Å²) in [4.78, 5) is 12.1. The van der Waals surface area contributed by atoms with Gasteiger partial charge in [-0.15, -0.1) is 32.9 Å². The van der Waals surface area contributed by atoms with Gasteiger partial charge in [0.25, 0.3) is 11.8 Å². The fourth-order valence-electron chi connectivity index (χ4n) is 3.11. The van der Waals surface area contributed by atoms with Crippen molar-refractivity contribution in [2.24, 2.45) is 0 Å². The van der Waals surface area contributed by atoms with Crippen LogP contribution in [0, 0.1) is 0 Å². The zero-order chi connectivity index (χ0) is 16.6. The summed E-state index contributed by atoms with van der Waals surface area (Å²) in [5, 5.41) is 11.2. The minimum Gasteiger partial charge on any atom is -0.467 e. The third kappa shape index (κ3) is 2.71. The molecule has 0 aromatic carbocycles. The molecule has 0 atom stereocenters. The smallest absolute Gasteiger partial charge is 0.257 e. The van der Waals surface area contributed by atoms with Crippen LogP contribution in [0.3, 0.4) is 0 Å². The van der Waals surface area contributed by atoms with Crippen molar-refractivity contribution in [1.29, 1.82) is 0 Å². The predicted octanol–water partition coefficient (Wildman–Crippen LogP) is 4.26. The molecule has 0 spiro atoms. The standard InChI is InChI=1S/C17H14N4O2S2/c1-2-5-11-10(4-1)14-16(18-9-19-17(14)25-11)22-8-13-20-21-15(23-13)12-6-3-7-24-12/h3,6-7,9H,1-2,4-5,8H2. The molecule has 1 aliphatic rings. The molecule has 0 bridgehead atoms. The maximum atomic E-state index is 5.92. The van der Waals surface area contributed by atoms with Gasteiger partial charge in [-0.05, 0) is 42.7 Å². The first-order chi connectivity index (χ1) is 12.4. The molecule has 4 aromatic heterocycles. The van der Waals surface area contributed by atoms with Crippen LogP contribution in [0.2, 0.25) is 0 Å². The Morgan fingerprint density at radius 2 is 2.12 bits per heavy atom. The summed E-state index contributed by atoms with van der Waals surface area (Å²) in [6, 6.07) is 3.91. The SMILES string of the molecule is c1csc(-c2nnc(COc3ncnc4sc5c(c34)CCCC5)o2)c1. The zero-order valence-electron chi connectivity index (χ0n) is 13.3. The van der Waals surface area contributed by atoms with Gasteiger partial charge >= 0.3 is 0 Å². The first-order valence-corrected chi connectivity index (χ1v) is 9.82. The summed E-state index contributed by atoms with van der Waals surface area (Å²) in [5.41, 5.74) is 1.35. The van der Waals surface area contributed by atoms with Crippen molar-refractivity contribution >= 4 is 32.9 Å². The number of hydrogen-bond donors (Lipinski definition) is 0. The van der Waals surface area contributed by atoms with Gasteiger partial charge in [-0.3, -0.25) is 0 Å². The first-order valence-electron chi connectivity index (χ1n) is 8.13. The molecule has 4 heterocycles. The minimum absolute atomic E-state index is 0.203. The Kier molecular flexibility index (Phi) is 3.71. The molecule has 0 N–H and O–H groups in total. The van der Waals surface area contributed by atoms with Gasteiger partial charge < -0.3 is 9.15 Å². The summed E-state index contributed by atoms with van der Waals surface area (Å²) in [6.07, 6.45) is 6.22. The van der Waals surface area contributed by atoms with E-state index in [1.807, 2.05) is 17.5 Å². The Morgan fingerprint density at radius 1 is 1.16 bits per heavy atom. The summed E-state index contributed by atoms with van der Waals surface area (Å²) in [7, 11) is 0. The molecule has 0 amide bonds. The second-order valence-corrected chi connectivity index (χ2v) is 7.87. The average molecular weight is 370 g/mol. The number of ether oxygens (including phenoxy) is 1. The van der Waals surface area contributed by atoms with Crippen molar-refractivity contribution in [2.45, 2.75) is 32.3 Å². The van der Waals surface area contributed by atoms with Gasteiger partial charge in [0, 0.05) is 4.88 Å². The largest absolute Gasteiger partial charge is 0.467 e. The molecule has 0 fully saturated rings. The Balaban J connectivity index is 1.42. The number of nitrogens with zero attached hydrogens (tertiary/aromatic N) is 4. The summed E-state index contributed by atoms with van der Waals surface area (Å²) in [6.45, 7) is 0.203. The molecular formula is C17H14N4O2S2. The van der Waals surface area contributed by atoms with Crippen molar-refractivity contribution in [3.8, 4) is 16.6 Å². The van der Waals surface area contributed by atoms with Crippen LogP contribution in [0.4, 0.5) is 0 Å². The number of rotatable bonds is 4. The molecule has 6 nitrogen and oxygen atoms in total. The molecule has 4 aromatic rings. The quantitative estimate of drug-likeness (QED) is 0.534. The maximum absolute atomic E-state index is 5.92. The molecule has 1 aliphatic carbocycles. The van der Waals surface area contributed by atoms with Crippen molar-refractivity contribution in [3.05, 3.63) is 40.2 Å². The van der Waals surface area contributed by atoms with Crippen LogP contribution in [-0.4, -0.2) is 20.2 Å². The molecule has 0 saturated carbocycles. The van der Waals surface area contributed by atoms with Gasteiger partial charge in [-0.25, -0.2) is 9.97 Å². The summed E-state index contributed by atoms with van der Waals surface area (Å²) >= 11 is 3.32. The van der Waals surface area contributed by atoms with Crippen LogP contribution in [0.15, 0.2) is 28.3 Å². The van der Waals surface area contributed by atoms with Crippen LogP contribution >= 0.6 is 22.7 Å². The molecular weight excluding hydrogens is 356 g/mol. The van der Waals surface area contributed by atoms with E-state index in [9.17, 15) is 0 Å². The topological polar surface area (TPSA) is 73.9 Å². The van der Waals surface area contributed by atoms with E-state index < -0.39 is 0 Å². The van der Waals surface area contributed by atoms with Gasteiger partial charge in [0.2, 0.25) is 5.88 Å². The highest BCUT2D eigenvalue weighted by molar-refractivity contribution is 7.18. The molecule has 126 valence electrons. The monoisotopic (exact) mass is 370 g/mol. The highest BCUT2D eigenvalue weighted by atomic mass is 32.1. The predicted molar refractivity (Wildman–Crippen MR) is 96.0 cm³/mol. The van der Waals surface area contributed by atoms with Gasteiger partial charge in [-0.2, -0.15) is 0 Å². The second kappa shape index (κ2) is 6.20. The van der Waals surface area contributed by atoms with E-state index in [-0.39, 0.29) is 6.61 Å². The molecule has 25 heavy (non-hydrogen) atoms.